The van der Waals surface area contributed by atoms with E-state index < -0.39 is 0 Å². The molecule has 0 spiro atoms. The lowest BCUT2D eigenvalue weighted by atomic mass is 10.0. The third-order valence-electron chi connectivity index (χ3n) is 5.44. The van der Waals surface area contributed by atoms with Crippen molar-refractivity contribution in [2.24, 2.45) is 0 Å². The smallest absolute Gasteiger partial charge is 0.0614 e. The summed E-state index contributed by atoms with van der Waals surface area (Å²) in [6.45, 7) is 21.3. The standard InChI is InChI=1S/C29H25N/c1-6-24-28-22(4)16-13-12-14-20(2)18-19-26(28)30-25-17-11-9-7-8-10-15-21(3)27(25)23(5)29(24)30/h6-8,10-19H,1-5,9H2/b8-7-,14-12?,15-10-,16-13?,17-11?,19-18?. The Morgan fingerprint density at radius 2 is 1.67 bits per heavy atom. The third-order valence-corrected chi connectivity index (χ3v) is 5.44. The zero-order valence-electron chi connectivity index (χ0n) is 17.2. The first-order valence-corrected chi connectivity index (χ1v) is 10.00. The maximum Gasteiger partial charge on any atom is 0.0614 e. The molecule has 0 amide bonds. The Balaban J connectivity index is 2.34. The molecule has 1 heteroatoms. The van der Waals surface area contributed by atoms with Gasteiger partial charge in [-0.25, -0.2) is 0 Å². The molecule has 2 aromatic heterocycles. The Labute approximate surface area is 177 Å². The molecule has 0 radical (unpaired) electrons. The summed E-state index contributed by atoms with van der Waals surface area (Å²) in [5.41, 5.74) is 6.20. The van der Waals surface area contributed by atoms with Gasteiger partial charge in [-0.1, -0.05) is 99.7 Å². The normalized spacial score (nSPS) is 15.5. The lowest BCUT2D eigenvalue weighted by molar-refractivity contribution is 1.25. The topological polar surface area (TPSA) is 4.41 Å². The fourth-order valence-corrected chi connectivity index (χ4v) is 4.10. The van der Waals surface area contributed by atoms with Crippen LogP contribution in [0.3, 0.4) is 0 Å². The fraction of sp³-hybridized carbons (Fsp3) is 0.0345. The largest absolute Gasteiger partial charge is 0.308 e. The lowest BCUT2D eigenvalue weighted by Crippen LogP contribution is -2.04. The van der Waals surface area contributed by atoms with Crippen LogP contribution in [0.15, 0.2) is 79.9 Å². The molecule has 1 nitrogen and oxygen atoms in total. The highest BCUT2D eigenvalue weighted by atomic mass is 14.9. The minimum atomic E-state index is 0.861. The van der Waals surface area contributed by atoms with Crippen LogP contribution in [0, 0.1) is 0 Å². The van der Waals surface area contributed by atoms with Gasteiger partial charge in [0.05, 0.1) is 16.7 Å². The maximum atomic E-state index is 4.46. The van der Waals surface area contributed by atoms with Gasteiger partial charge in [-0.3, -0.25) is 0 Å². The van der Waals surface area contributed by atoms with Gasteiger partial charge < -0.3 is 4.40 Å². The second-order valence-electron chi connectivity index (χ2n) is 7.40. The first kappa shape index (κ1) is 19.5. The van der Waals surface area contributed by atoms with E-state index in [-0.39, 0.29) is 0 Å². The Kier molecular flexibility index (Phi) is 5.12. The summed E-state index contributed by atoms with van der Waals surface area (Å²) >= 11 is 0. The zero-order chi connectivity index (χ0) is 21.3. The van der Waals surface area contributed by atoms with Crippen LogP contribution in [-0.4, -0.2) is 4.40 Å². The van der Waals surface area contributed by atoms with Crippen molar-refractivity contribution in [3.63, 3.8) is 0 Å². The lowest BCUT2D eigenvalue weighted by Gasteiger charge is -2.04. The summed E-state index contributed by atoms with van der Waals surface area (Å²) in [6.07, 6.45) is 15.3. The van der Waals surface area contributed by atoms with Crippen molar-refractivity contribution in [3.05, 3.63) is 112 Å². The third kappa shape index (κ3) is 3.15. The highest BCUT2D eigenvalue weighted by molar-refractivity contribution is 6.01. The molecule has 146 valence electrons. The minimum absolute atomic E-state index is 0.861. The van der Waals surface area contributed by atoms with Gasteiger partial charge in [0, 0.05) is 21.7 Å². The quantitative estimate of drug-likeness (QED) is 0.530. The van der Waals surface area contributed by atoms with Crippen LogP contribution in [0.25, 0.3) is 53.9 Å². The second-order valence-corrected chi connectivity index (χ2v) is 7.40. The van der Waals surface area contributed by atoms with E-state index in [2.05, 4.69) is 67.7 Å². The number of fused-ring (bicyclic) bond motifs is 5. The average molecular weight is 388 g/mol. The molecule has 0 N–H and O–H groups in total. The Hall–Kier alpha value is -3.84. The molecule has 1 aliphatic carbocycles. The van der Waals surface area contributed by atoms with Gasteiger partial charge in [-0.15, -0.1) is 0 Å². The van der Waals surface area contributed by atoms with Gasteiger partial charge in [0.2, 0.25) is 0 Å². The average Bonchev–Trinajstić information content (AvgIpc) is 3.21. The monoisotopic (exact) mass is 387 g/mol. The Bertz CT molecular complexity index is 1490. The molecule has 0 saturated heterocycles. The van der Waals surface area contributed by atoms with Crippen molar-refractivity contribution in [1.82, 2.24) is 4.40 Å². The first-order valence-electron chi connectivity index (χ1n) is 10.00. The summed E-state index contributed by atoms with van der Waals surface area (Å²) in [6, 6.07) is 12.1. The van der Waals surface area contributed by atoms with E-state index in [9.17, 15) is 0 Å². The van der Waals surface area contributed by atoms with Gasteiger partial charge in [0.15, 0.2) is 0 Å². The van der Waals surface area contributed by atoms with E-state index in [0.717, 1.165) is 60.9 Å². The molecule has 0 aliphatic heterocycles. The van der Waals surface area contributed by atoms with Crippen molar-refractivity contribution in [3.8, 4) is 0 Å². The highest BCUT2D eigenvalue weighted by Crippen LogP contribution is 2.30. The summed E-state index contributed by atoms with van der Waals surface area (Å²) in [5.74, 6) is 0. The van der Waals surface area contributed by atoms with Gasteiger partial charge in [0.25, 0.3) is 0 Å². The molecule has 3 aromatic rings. The summed E-state index contributed by atoms with van der Waals surface area (Å²) < 4.78 is 2.26. The van der Waals surface area contributed by atoms with Crippen molar-refractivity contribution in [1.29, 1.82) is 0 Å². The second kappa shape index (κ2) is 7.88. The van der Waals surface area contributed by atoms with Crippen LogP contribution < -0.4 is 15.7 Å². The van der Waals surface area contributed by atoms with Crippen LogP contribution in [0.4, 0.5) is 0 Å². The van der Waals surface area contributed by atoms with E-state index in [1.165, 1.54) is 0 Å². The fourth-order valence-electron chi connectivity index (χ4n) is 4.10. The van der Waals surface area contributed by atoms with Crippen molar-refractivity contribution >= 4 is 53.9 Å². The Morgan fingerprint density at radius 3 is 2.47 bits per heavy atom. The van der Waals surface area contributed by atoms with E-state index in [1.54, 1.807) is 0 Å². The van der Waals surface area contributed by atoms with E-state index in [1.807, 2.05) is 48.6 Å². The predicted octanol–water partition coefficient (Wildman–Crippen LogP) is 5.35. The van der Waals surface area contributed by atoms with Crippen molar-refractivity contribution in [2.45, 2.75) is 6.42 Å². The number of nitrogens with zero attached hydrogens (tertiary/aromatic N) is 1. The number of allylic oxidation sites excluding steroid dienone is 6. The molecule has 0 saturated carbocycles. The molecule has 1 aliphatic rings. The zero-order valence-corrected chi connectivity index (χ0v) is 17.2. The number of hydrogen-bond donors (Lipinski definition) is 0. The molecule has 2 heterocycles. The van der Waals surface area contributed by atoms with Gasteiger partial charge >= 0.3 is 0 Å². The first-order chi connectivity index (χ1) is 14.5. The summed E-state index contributed by atoms with van der Waals surface area (Å²) in [5, 5.41) is 3.88. The summed E-state index contributed by atoms with van der Waals surface area (Å²) in [7, 11) is 0. The molecule has 0 fully saturated rings. The van der Waals surface area contributed by atoms with Crippen LogP contribution in [0.2, 0.25) is 0 Å². The molecule has 30 heavy (non-hydrogen) atoms. The molecule has 4 rings (SSSR count). The number of hydrogen-bond acceptors (Lipinski definition) is 0. The van der Waals surface area contributed by atoms with Crippen LogP contribution >= 0.6 is 0 Å². The molecule has 1 aromatic carbocycles. The summed E-state index contributed by atoms with van der Waals surface area (Å²) in [4.78, 5) is 0. The molecule has 0 atom stereocenters. The molecule has 0 unspecified atom stereocenters. The van der Waals surface area contributed by atoms with Gasteiger partial charge in [-0.05, 0) is 34.6 Å². The molecular weight excluding hydrogens is 362 g/mol. The minimum Gasteiger partial charge on any atom is -0.308 e. The van der Waals surface area contributed by atoms with Crippen LogP contribution in [-0.2, 0) is 0 Å². The molecule has 0 bridgehead atoms. The van der Waals surface area contributed by atoms with E-state index >= 15 is 0 Å². The predicted molar refractivity (Wildman–Crippen MR) is 135 cm³/mol. The maximum absolute atomic E-state index is 4.46. The number of aromatic nitrogens is 1. The van der Waals surface area contributed by atoms with Gasteiger partial charge in [-0.2, -0.15) is 0 Å². The van der Waals surface area contributed by atoms with E-state index in [4.69, 9.17) is 0 Å². The highest BCUT2D eigenvalue weighted by Gasteiger charge is 2.19. The SMILES string of the molecule is C=Cc1c2c(=C)ccccc(=C)ccc2n2c3c(c(=C)c12)C(=C)/C=C\C=C/CC=C3. The van der Waals surface area contributed by atoms with Crippen molar-refractivity contribution < 1.29 is 0 Å². The van der Waals surface area contributed by atoms with Gasteiger partial charge in [0.1, 0.15) is 0 Å². The number of rotatable bonds is 1. The molecular formula is C29H25N. The van der Waals surface area contributed by atoms with Crippen LogP contribution in [0.1, 0.15) is 23.2 Å². The van der Waals surface area contributed by atoms with Crippen molar-refractivity contribution in [2.75, 3.05) is 0 Å². The van der Waals surface area contributed by atoms with Crippen LogP contribution in [0.5, 0.6) is 0 Å². The Morgan fingerprint density at radius 1 is 0.867 bits per heavy atom. The van der Waals surface area contributed by atoms with E-state index in [0.29, 0.717) is 0 Å².